The first-order valence-corrected chi connectivity index (χ1v) is 9.27. The summed E-state index contributed by atoms with van der Waals surface area (Å²) >= 11 is 0. The second kappa shape index (κ2) is 10.1. The van der Waals surface area contributed by atoms with Crippen molar-refractivity contribution in [1.29, 1.82) is 0 Å². The molecule has 0 aliphatic carbocycles. The molecule has 0 aromatic heterocycles. The quantitative estimate of drug-likeness (QED) is 0.658. The Morgan fingerprint density at radius 2 is 1.65 bits per heavy atom. The molecule has 140 valence electrons. The third kappa shape index (κ3) is 5.41. The van der Waals surface area contributed by atoms with Crippen LogP contribution in [0.3, 0.4) is 0 Å². The summed E-state index contributed by atoms with van der Waals surface area (Å²) in [7, 11) is 1.62. The third-order valence-corrected chi connectivity index (χ3v) is 4.75. The molecule has 0 radical (unpaired) electrons. The van der Waals surface area contributed by atoms with Crippen molar-refractivity contribution in [3.05, 3.63) is 65.2 Å². The molecule has 0 spiro atoms. The fourth-order valence-corrected chi connectivity index (χ4v) is 3.11. The van der Waals surface area contributed by atoms with Gasteiger partial charge in [0.25, 0.3) is 0 Å². The van der Waals surface area contributed by atoms with Gasteiger partial charge in [-0.15, -0.1) is 0 Å². The highest BCUT2D eigenvalue weighted by Crippen LogP contribution is 2.20. The van der Waals surface area contributed by atoms with E-state index in [1.807, 2.05) is 24.3 Å². The van der Waals surface area contributed by atoms with Crippen LogP contribution in [-0.4, -0.2) is 44.0 Å². The van der Waals surface area contributed by atoms with Gasteiger partial charge in [0.05, 0.1) is 13.7 Å². The zero-order valence-corrected chi connectivity index (χ0v) is 16.3. The van der Waals surface area contributed by atoms with E-state index in [-0.39, 0.29) is 11.8 Å². The van der Waals surface area contributed by atoms with E-state index in [1.54, 1.807) is 7.11 Å². The Labute approximate surface area is 157 Å². The molecule has 0 fully saturated rings. The van der Waals surface area contributed by atoms with Crippen molar-refractivity contribution in [1.82, 2.24) is 10.2 Å². The minimum Gasteiger partial charge on any atom is -0.497 e. The first kappa shape index (κ1) is 20.1. The molecule has 0 aliphatic heterocycles. The molecule has 2 rings (SSSR count). The Bertz CT molecular complexity index is 676. The van der Waals surface area contributed by atoms with E-state index in [2.05, 4.69) is 55.3 Å². The largest absolute Gasteiger partial charge is 0.497 e. The lowest BCUT2D eigenvalue weighted by Crippen LogP contribution is -2.37. The molecular formula is C22H30N2O2. The second-order valence-electron chi connectivity index (χ2n) is 6.43. The standard InChI is InChI=1S/C22H30N2O2/c1-5-24(6-2)21(18-9-7-17(3)8-10-18)15-23-16-22(25)19-11-13-20(26-4)14-12-19/h7-14,21,23H,5-6,15-16H2,1-4H3. The molecule has 26 heavy (non-hydrogen) atoms. The van der Waals surface area contributed by atoms with E-state index in [1.165, 1.54) is 11.1 Å². The summed E-state index contributed by atoms with van der Waals surface area (Å²) in [6, 6.07) is 16.2. The minimum absolute atomic E-state index is 0.0925. The average Bonchev–Trinajstić information content (AvgIpc) is 2.68. The van der Waals surface area contributed by atoms with Crippen LogP contribution >= 0.6 is 0 Å². The van der Waals surface area contributed by atoms with Crippen molar-refractivity contribution >= 4 is 5.78 Å². The van der Waals surface area contributed by atoms with E-state index in [4.69, 9.17) is 4.74 Å². The number of hydrogen-bond donors (Lipinski definition) is 1. The smallest absolute Gasteiger partial charge is 0.176 e. The molecular weight excluding hydrogens is 324 g/mol. The van der Waals surface area contributed by atoms with Crippen LogP contribution in [0.1, 0.15) is 41.4 Å². The first-order valence-electron chi connectivity index (χ1n) is 9.27. The summed E-state index contributed by atoms with van der Waals surface area (Å²) in [5.41, 5.74) is 3.24. The van der Waals surface area contributed by atoms with E-state index in [9.17, 15) is 4.79 Å². The highest BCUT2D eigenvalue weighted by atomic mass is 16.5. The van der Waals surface area contributed by atoms with Gasteiger partial charge in [-0.1, -0.05) is 43.7 Å². The summed E-state index contributed by atoms with van der Waals surface area (Å²) in [4.78, 5) is 14.8. The molecule has 4 heteroatoms. The van der Waals surface area contributed by atoms with E-state index < -0.39 is 0 Å². The molecule has 0 saturated carbocycles. The molecule has 2 aromatic rings. The second-order valence-corrected chi connectivity index (χ2v) is 6.43. The topological polar surface area (TPSA) is 41.6 Å². The van der Waals surface area contributed by atoms with Crippen LogP contribution in [0.5, 0.6) is 5.75 Å². The first-order chi connectivity index (χ1) is 12.6. The molecule has 0 heterocycles. The predicted molar refractivity (Wildman–Crippen MR) is 107 cm³/mol. The fourth-order valence-electron chi connectivity index (χ4n) is 3.11. The Balaban J connectivity index is 1.99. The minimum atomic E-state index is 0.0925. The maximum atomic E-state index is 12.4. The van der Waals surface area contributed by atoms with Gasteiger partial charge in [-0.25, -0.2) is 0 Å². The number of hydrogen-bond acceptors (Lipinski definition) is 4. The number of nitrogens with one attached hydrogen (secondary N) is 1. The van der Waals surface area contributed by atoms with Crippen molar-refractivity contribution in [3.8, 4) is 5.75 Å². The van der Waals surface area contributed by atoms with Gasteiger partial charge in [0.15, 0.2) is 5.78 Å². The van der Waals surface area contributed by atoms with Crippen molar-refractivity contribution in [3.63, 3.8) is 0 Å². The van der Waals surface area contributed by atoms with E-state index in [0.717, 1.165) is 25.4 Å². The van der Waals surface area contributed by atoms with Crippen LogP contribution in [0.15, 0.2) is 48.5 Å². The number of methoxy groups -OCH3 is 1. The van der Waals surface area contributed by atoms with Gasteiger partial charge in [-0.2, -0.15) is 0 Å². The summed E-state index contributed by atoms with van der Waals surface area (Å²) in [5.74, 6) is 0.852. The average molecular weight is 354 g/mol. The molecule has 0 amide bonds. The Morgan fingerprint density at radius 1 is 1.04 bits per heavy atom. The maximum absolute atomic E-state index is 12.4. The normalized spacial score (nSPS) is 12.2. The van der Waals surface area contributed by atoms with Gasteiger partial charge < -0.3 is 10.1 Å². The lowest BCUT2D eigenvalue weighted by Gasteiger charge is -2.30. The van der Waals surface area contributed by atoms with Crippen LogP contribution in [-0.2, 0) is 0 Å². The van der Waals surface area contributed by atoms with Gasteiger partial charge in [-0.05, 0) is 49.8 Å². The number of carbonyl (C=O) groups excluding carboxylic acids is 1. The Morgan fingerprint density at radius 3 is 2.19 bits per heavy atom. The summed E-state index contributed by atoms with van der Waals surface area (Å²) < 4.78 is 5.14. The van der Waals surface area contributed by atoms with Crippen molar-refractivity contribution in [2.45, 2.75) is 26.8 Å². The Hall–Kier alpha value is -2.17. The number of ether oxygens (including phenoxy) is 1. The molecule has 1 unspecified atom stereocenters. The van der Waals surface area contributed by atoms with Gasteiger partial charge in [-0.3, -0.25) is 9.69 Å². The lowest BCUT2D eigenvalue weighted by atomic mass is 10.0. The fraction of sp³-hybridized carbons (Fsp3) is 0.409. The summed E-state index contributed by atoms with van der Waals surface area (Å²) in [5, 5.41) is 3.35. The van der Waals surface area contributed by atoms with Gasteiger partial charge in [0.2, 0.25) is 0 Å². The van der Waals surface area contributed by atoms with Gasteiger partial charge in [0.1, 0.15) is 5.75 Å². The molecule has 1 atom stereocenters. The zero-order chi connectivity index (χ0) is 18.9. The van der Waals surface area contributed by atoms with Crippen molar-refractivity contribution < 1.29 is 9.53 Å². The number of carbonyl (C=O) groups is 1. The zero-order valence-electron chi connectivity index (χ0n) is 16.3. The highest BCUT2D eigenvalue weighted by Gasteiger charge is 2.18. The van der Waals surface area contributed by atoms with Crippen LogP contribution < -0.4 is 10.1 Å². The number of aryl methyl sites for hydroxylation is 1. The van der Waals surface area contributed by atoms with Crippen LogP contribution in [0, 0.1) is 6.92 Å². The summed E-state index contributed by atoms with van der Waals surface area (Å²) in [6.07, 6.45) is 0. The van der Waals surface area contributed by atoms with Gasteiger partial charge >= 0.3 is 0 Å². The number of Topliss-reactive ketones (excluding diaryl/α,β-unsaturated/α-hetero) is 1. The predicted octanol–water partition coefficient (Wildman–Crippen LogP) is 3.86. The lowest BCUT2D eigenvalue weighted by molar-refractivity contribution is 0.0987. The number of ketones is 1. The molecule has 1 N–H and O–H groups in total. The monoisotopic (exact) mass is 354 g/mol. The van der Waals surface area contributed by atoms with Crippen molar-refractivity contribution in [2.24, 2.45) is 0 Å². The number of rotatable bonds is 10. The number of likely N-dealkylation sites (N-methyl/N-ethyl adjacent to an activating group) is 1. The van der Waals surface area contributed by atoms with Crippen LogP contribution in [0.25, 0.3) is 0 Å². The van der Waals surface area contributed by atoms with Crippen LogP contribution in [0.2, 0.25) is 0 Å². The van der Waals surface area contributed by atoms with Crippen molar-refractivity contribution in [2.75, 3.05) is 33.3 Å². The molecule has 0 bridgehead atoms. The molecule has 4 nitrogen and oxygen atoms in total. The molecule has 0 saturated heterocycles. The SMILES string of the molecule is CCN(CC)C(CNCC(=O)c1ccc(OC)cc1)c1ccc(C)cc1. The third-order valence-electron chi connectivity index (χ3n) is 4.75. The van der Waals surface area contributed by atoms with Crippen LogP contribution in [0.4, 0.5) is 0 Å². The number of benzene rings is 2. The van der Waals surface area contributed by atoms with E-state index in [0.29, 0.717) is 12.1 Å². The molecule has 2 aromatic carbocycles. The van der Waals surface area contributed by atoms with Gasteiger partial charge in [0, 0.05) is 18.2 Å². The number of nitrogens with zero attached hydrogens (tertiary/aromatic N) is 1. The van der Waals surface area contributed by atoms with E-state index >= 15 is 0 Å². The molecule has 0 aliphatic rings. The summed E-state index contributed by atoms with van der Waals surface area (Å²) in [6.45, 7) is 9.47. The Kier molecular flexibility index (Phi) is 7.82. The maximum Gasteiger partial charge on any atom is 0.176 e. The highest BCUT2D eigenvalue weighted by molar-refractivity contribution is 5.97.